The molecule has 1 N–H and O–H groups in total. The lowest BCUT2D eigenvalue weighted by Gasteiger charge is -2.29. The van der Waals surface area contributed by atoms with Gasteiger partial charge in [0.25, 0.3) is 0 Å². The highest BCUT2D eigenvalue weighted by Gasteiger charge is 2.26. The number of nitrogens with one attached hydrogen (secondary N) is 1. The monoisotopic (exact) mass is 299 g/mol. The molecule has 19 heavy (non-hydrogen) atoms. The van der Waals surface area contributed by atoms with Gasteiger partial charge in [0.05, 0.1) is 10.8 Å². The Labute approximate surface area is 123 Å². The fourth-order valence-electron chi connectivity index (χ4n) is 2.66. The molecule has 3 atom stereocenters. The van der Waals surface area contributed by atoms with Crippen LogP contribution < -0.4 is 5.32 Å². The zero-order chi connectivity index (χ0) is 13.7. The highest BCUT2D eigenvalue weighted by atomic mass is 35.5. The van der Waals surface area contributed by atoms with E-state index in [0.717, 1.165) is 30.7 Å². The van der Waals surface area contributed by atoms with Crippen LogP contribution in [-0.2, 0) is 10.8 Å². The minimum Gasteiger partial charge on any atom is -0.314 e. The molecule has 0 aromatic heterocycles. The van der Waals surface area contributed by atoms with Gasteiger partial charge in [0.1, 0.15) is 0 Å². The van der Waals surface area contributed by atoms with E-state index in [1.807, 2.05) is 24.3 Å². The molecule has 0 aliphatic heterocycles. The van der Waals surface area contributed by atoms with E-state index in [-0.39, 0.29) is 5.25 Å². The SMILES string of the molecule is CCCNC1CCCC(S(=O)c2cccc(Cl)c2)C1. The standard InChI is InChI=1S/C15H22ClNOS/c1-2-9-17-13-6-4-8-15(11-13)19(18)14-7-3-5-12(16)10-14/h3,5,7,10,13,15,17H,2,4,6,8-9,11H2,1H3. The smallest absolute Gasteiger partial charge is 0.0561 e. The summed E-state index contributed by atoms with van der Waals surface area (Å²) in [7, 11) is -0.931. The molecule has 1 aromatic rings. The van der Waals surface area contributed by atoms with Crippen LogP contribution >= 0.6 is 11.6 Å². The average Bonchev–Trinajstić information content (AvgIpc) is 2.44. The number of hydrogen-bond donors (Lipinski definition) is 1. The van der Waals surface area contributed by atoms with Crippen molar-refractivity contribution in [3.8, 4) is 0 Å². The fraction of sp³-hybridized carbons (Fsp3) is 0.600. The van der Waals surface area contributed by atoms with E-state index < -0.39 is 10.8 Å². The number of halogens is 1. The lowest BCUT2D eigenvalue weighted by Crippen LogP contribution is -2.37. The second kappa shape index (κ2) is 7.41. The van der Waals surface area contributed by atoms with Crippen LogP contribution in [0.5, 0.6) is 0 Å². The molecule has 1 saturated carbocycles. The van der Waals surface area contributed by atoms with E-state index >= 15 is 0 Å². The molecule has 3 unspecified atom stereocenters. The number of benzene rings is 1. The van der Waals surface area contributed by atoms with Crippen molar-refractivity contribution in [3.05, 3.63) is 29.3 Å². The molecule has 0 amide bonds. The number of hydrogen-bond acceptors (Lipinski definition) is 2. The molecule has 106 valence electrons. The van der Waals surface area contributed by atoms with Gasteiger partial charge in [-0.2, -0.15) is 0 Å². The fourth-order valence-corrected chi connectivity index (χ4v) is 4.54. The number of rotatable bonds is 5. The van der Waals surface area contributed by atoms with Crippen molar-refractivity contribution >= 4 is 22.4 Å². The summed E-state index contributed by atoms with van der Waals surface area (Å²) in [5.74, 6) is 0. The van der Waals surface area contributed by atoms with Crippen LogP contribution in [0.3, 0.4) is 0 Å². The van der Waals surface area contributed by atoms with Crippen LogP contribution in [0.15, 0.2) is 29.2 Å². The van der Waals surface area contributed by atoms with Crippen LogP contribution in [0.2, 0.25) is 5.02 Å². The van der Waals surface area contributed by atoms with Crippen molar-refractivity contribution in [2.24, 2.45) is 0 Å². The molecule has 2 rings (SSSR count). The molecule has 0 radical (unpaired) electrons. The zero-order valence-corrected chi connectivity index (χ0v) is 13.0. The Morgan fingerprint density at radius 3 is 3.00 bits per heavy atom. The summed E-state index contributed by atoms with van der Waals surface area (Å²) in [6.07, 6.45) is 5.60. The largest absolute Gasteiger partial charge is 0.314 e. The molecule has 1 fully saturated rings. The molecule has 0 spiro atoms. The molecule has 0 bridgehead atoms. The molecule has 2 nitrogen and oxygen atoms in total. The van der Waals surface area contributed by atoms with Gasteiger partial charge in [0, 0.05) is 21.2 Å². The predicted octanol–water partition coefficient (Wildman–Crippen LogP) is 3.76. The minimum atomic E-state index is -0.931. The van der Waals surface area contributed by atoms with Gasteiger partial charge in [-0.1, -0.05) is 31.0 Å². The van der Waals surface area contributed by atoms with E-state index in [4.69, 9.17) is 11.6 Å². The van der Waals surface area contributed by atoms with Gasteiger partial charge in [0.2, 0.25) is 0 Å². The first-order valence-electron chi connectivity index (χ1n) is 7.10. The second-order valence-corrected chi connectivity index (χ2v) is 7.36. The Morgan fingerprint density at radius 2 is 2.26 bits per heavy atom. The van der Waals surface area contributed by atoms with E-state index in [9.17, 15) is 4.21 Å². The molecule has 4 heteroatoms. The van der Waals surface area contributed by atoms with Crippen LogP contribution in [0, 0.1) is 0 Å². The van der Waals surface area contributed by atoms with Gasteiger partial charge in [-0.15, -0.1) is 0 Å². The summed E-state index contributed by atoms with van der Waals surface area (Å²) in [6.45, 7) is 3.23. The van der Waals surface area contributed by atoms with Crippen molar-refractivity contribution in [3.63, 3.8) is 0 Å². The second-order valence-electron chi connectivity index (χ2n) is 5.19. The Bertz CT molecular complexity index is 438. The van der Waals surface area contributed by atoms with Crippen molar-refractivity contribution in [1.82, 2.24) is 5.32 Å². The van der Waals surface area contributed by atoms with Crippen molar-refractivity contribution in [2.45, 2.75) is 55.2 Å². The van der Waals surface area contributed by atoms with E-state index in [1.54, 1.807) is 0 Å². The third-order valence-corrected chi connectivity index (χ3v) is 5.63. The van der Waals surface area contributed by atoms with Crippen LogP contribution in [-0.4, -0.2) is 22.0 Å². The Hall–Kier alpha value is -0.380. The molecule has 1 aromatic carbocycles. The molecule has 1 aliphatic carbocycles. The summed E-state index contributed by atoms with van der Waals surface area (Å²) in [5.41, 5.74) is 0. The maximum absolute atomic E-state index is 12.6. The van der Waals surface area contributed by atoms with Crippen molar-refractivity contribution < 1.29 is 4.21 Å². The highest BCUT2D eigenvalue weighted by molar-refractivity contribution is 7.85. The summed E-state index contributed by atoms with van der Waals surface area (Å²) in [5, 5.41) is 4.49. The first-order valence-corrected chi connectivity index (χ1v) is 8.69. The third kappa shape index (κ3) is 4.30. The zero-order valence-electron chi connectivity index (χ0n) is 11.4. The molecule has 0 saturated heterocycles. The van der Waals surface area contributed by atoms with Crippen LogP contribution in [0.25, 0.3) is 0 Å². The van der Waals surface area contributed by atoms with Gasteiger partial charge in [-0.3, -0.25) is 4.21 Å². The summed E-state index contributed by atoms with van der Waals surface area (Å²) in [4.78, 5) is 0.869. The summed E-state index contributed by atoms with van der Waals surface area (Å²) >= 11 is 5.98. The Morgan fingerprint density at radius 1 is 1.42 bits per heavy atom. The van der Waals surface area contributed by atoms with Gasteiger partial charge < -0.3 is 5.32 Å². The summed E-state index contributed by atoms with van der Waals surface area (Å²) < 4.78 is 12.6. The summed E-state index contributed by atoms with van der Waals surface area (Å²) in [6, 6.07) is 7.99. The van der Waals surface area contributed by atoms with Crippen molar-refractivity contribution in [1.29, 1.82) is 0 Å². The maximum atomic E-state index is 12.6. The third-order valence-electron chi connectivity index (χ3n) is 3.64. The topological polar surface area (TPSA) is 29.1 Å². The van der Waals surface area contributed by atoms with Gasteiger partial charge in [0.15, 0.2) is 0 Å². The quantitative estimate of drug-likeness (QED) is 0.897. The van der Waals surface area contributed by atoms with Gasteiger partial charge in [-0.25, -0.2) is 0 Å². The lowest BCUT2D eigenvalue weighted by atomic mass is 9.95. The first kappa shape index (κ1) is 15.0. The van der Waals surface area contributed by atoms with Crippen LogP contribution in [0.1, 0.15) is 39.0 Å². The Balaban J connectivity index is 1.99. The molecular weight excluding hydrogens is 278 g/mol. The van der Waals surface area contributed by atoms with E-state index in [2.05, 4.69) is 12.2 Å². The van der Waals surface area contributed by atoms with Crippen LogP contribution in [0.4, 0.5) is 0 Å². The molecule has 0 heterocycles. The van der Waals surface area contributed by atoms with E-state index in [1.165, 1.54) is 12.8 Å². The van der Waals surface area contributed by atoms with Gasteiger partial charge in [-0.05, 0) is 50.4 Å². The predicted molar refractivity (Wildman–Crippen MR) is 82.2 cm³/mol. The normalized spacial score (nSPS) is 25.2. The lowest BCUT2D eigenvalue weighted by molar-refractivity contribution is 0.378. The average molecular weight is 300 g/mol. The minimum absolute atomic E-state index is 0.265. The maximum Gasteiger partial charge on any atom is 0.0561 e. The van der Waals surface area contributed by atoms with Crippen molar-refractivity contribution in [2.75, 3.05) is 6.54 Å². The van der Waals surface area contributed by atoms with E-state index in [0.29, 0.717) is 11.1 Å². The molecular formula is C15H22ClNOS. The Kier molecular flexibility index (Phi) is 5.86. The highest BCUT2D eigenvalue weighted by Crippen LogP contribution is 2.27. The molecule has 1 aliphatic rings. The first-order chi connectivity index (χ1) is 9.20. The van der Waals surface area contributed by atoms with Gasteiger partial charge >= 0.3 is 0 Å².